The highest BCUT2D eigenvalue weighted by atomic mass is 16.5. The molecule has 0 spiro atoms. The summed E-state index contributed by atoms with van der Waals surface area (Å²) in [5, 5.41) is 2.98. The van der Waals surface area contributed by atoms with Gasteiger partial charge in [0.25, 0.3) is 0 Å². The van der Waals surface area contributed by atoms with Gasteiger partial charge in [0.05, 0.1) is 33.6 Å². The Morgan fingerprint density at radius 3 is 2.23 bits per heavy atom. The molecule has 1 aliphatic rings. The molecule has 7 nitrogen and oxygen atoms in total. The highest BCUT2D eigenvalue weighted by molar-refractivity contribution is 5.93. The highest BCUT2D eigenvalue weighted by Gasteiger charge is 2.21. The third-order valence-electron chi connectivity index (χ3n) is 5.34. The summed E-state index contributed by atoms with van der Waals surface area (Å²) in [6.07, 6.45) is 0. The SMILES string of the molecule is COc1ccc(OC)c(CN2CCN(CC(=O)Nc3cc(C)ccc3OC)CC2)c1. The molecular weight excluding hydrogens is 382 g/mol. The Morgan fingerprint density at radius 1 is 0.900 bits per heavy atom. The first-order valence-electron chi connectivity index (χ1n) is 10.1. The van der Waals surface area contributed by atoms with E-state index in [1.54, 1.807) is 21.3 Å². The number of carbonyl (C=O) groups is 1. The second kappa shape index (κ2) is 10.3. The molecule has 0 saturated carbocycles. The average Bonchev–Trinajstić information content (AvgIpc) is 2.75. The first kappa shape index (κ1) is 21.9. The lowest BCUT2D eigenvalue weighted by atomic mass is 10.1. The fourth-order valence-corrected chi connectivity index (χ4v) is 3.66. The predicted molar refractivity (Wildman–Crippen MR) is 118 cm³/mol. The molecule has 0 radical (unpaired) electrons. The van der Waals surface area contributed by atoms with Crippen LogP contribution in [0.15, 0.2) is 36.4 Å². The van der Waals surface area contributed by atoms with Crippen LogP contribution >= 0.6 is 0 Å². The van der Waals surface area contributed by atoms with Crippen LogP contribution in [-0.2, 0) is 11.3 Å². The monoisotopic (exact) mass is 413 g/mol. The minimum Gasteiger partial charge on any atom is -0.497 e. The van der Waals surface area contributed by atoms with Crippen molar-refractivity contribution in [2.75, 3.05) is 59.4 Å². The van der Waals surface area contributed by atoms with Crippen LogP contribution < -0.4 is 19.5 Å². The van der Waals surface area contributed by atoms with Crippen molar-refractivity contribution in [3.8, 4) is 17.2 Å². The lowest BCUT2D eigenvalue weighted by Gasteiger charge is -2.34. The van der Waals surface area contributed by atoms with Crippen LogP contribution in [0.2, 0.25) is 0 Å². The smallest absolute Gasteiger partial charge is 0.238 e. The predicted octanol–water partition coefficient (Wildman–Crippen LogP) is 2.78. The zero-order valence-electron chi connectivity index (χ0n) is 18.2. The maximum absolute atomic E-state index is 12.5. The van der Waals surface area contributed by atoms with E-state index in [2.05, 4.69) is 15.1 Å². The van der Waals surface area contributed by atoms with Gasteiger partial charge in [-0.2, -0.15) is 0 Å². The Morgan fingerprint density at radius 2 is 1.57 bits per heavy atom. The van der Waals surface area contributed by atoms with Crippen molar-refractivity contribution in [2.45, 2.75) is 13.5 Å². The molecule has 0 aliphatic carbocycles. The summed E-state index contributed by atoms with van der Waals surface area (Å²) in [5.74, 6) is 2.34. The van der Waals surface area contributed by atoms with E-state index in [1.807, 2.05) is 43.3 Å². The van der Waals surface area contributed by atoms with Crippen LogP contribution in [0.5, 0.6) is 17.2 Å². The fraction of sp³-hybridized carbons (Fsp3) is 0.435. The molecule has 1 fully saturated rings. The molecule has 30 heavy (non-hydrogen) atoms. The quantitative estimate of drug-likeness (QED) is 0.718. The van der Waals surface area contributed by atoms with Crippen molar-refractivity contribution < 1.29 is 19.0 Å². The third kappa shape index (κ3) is 5.64. The second-order valence-electron chi connectivity index (χ2n) is 7.48. The lowest BCUT2D eigenvalue weighted by molar-refractivity contribution is -0.117. The molecule has 0 unspecified atom stereocenters. The Balaban J connectivity index is 1.51. The lowest BCUT2D eigenvalue weighted by Crippen LogP contribution is -2.48. The minimum atomic E-state index is -0.0261. The number of benzene rings is 2. The van der Waals surface area contributed by atoms with E-state index in [0.29, 0.717) is 18.0 Å². The summed E-state index contributed by atoms with van der Waals surface area (Å²) in [4.78, 5) is 17.1. The molecular formula is C23H31N3O4. The zero-order valence-corrected chi connectivity index (χ0v) is 18.2. The number of nitrogens with one attached hydrogen (secondary N) is 1. The maximum atomic E-state index is 12.5. The van der Waals surface area contributed by atoms with E-state index in [-0.39, 0.29) is 5.91 Å². The number of rotatable bonds is 8. The van der Waals surface area contributed by atoms with Crippen LogP contribution in [-0.4, -0.2) is 69.8 Å². The topological polar surface area (TPSA) is 63.3 Å². The fourth-order valence-electron chi connectivity index (χ4n) is 3.66. The van der Waals surface area contributed by atoms with Gasteiger partial charge in [-0.15, -0.1) is 0 Å². The molecule has 0 bridgehead atoms. The van der Waals surface area contributed by atoms with Crippen molar-refractivity contribution in [3.05, 3.63) is 47.5 Å². The number of aryl methyl sites for hydroxylation is 1. The first-order chi connectivity index (χ1) is 14.5. The summed E-state index contributed by atoms with van der Waals surface area (Å²) in [6, 6.07) is 11.6. The largest absolute Gasteiger partial charge is 0.497 e. The molecule has 0 aromatic heterocycles. The highest BCUT2D eigenvalue weighted by Crippen LogP contribution is 2.26. The number of hydrogen-bond donors (Lipinski definition) is 1. The number of hydrogen-bond acceptors (Lipinski definition) is 6. The molecule has 2 aromatic rings. The van der Waals surface area contributed by atoms with Gasteiger partial charge in [-0.05, 0) is 42.8 Å². The van der Waals surface area contributed by atoms with Crippen LogP contribution in [0.25, 0.3) is 0 Å². The minimum absolute atomic E-state index is 0.0261. The second-order valence-corrected chi connectivity index (χ2v) is 7.48. The Hall–Kier alpha value is -2.77. The van der Waals surface area contributed by atoms with Gasteiger partial charge in [0.1, 0.15) is 17.2 Å². The van der Waals surface area contributed by atoms with Gasteiger partial charge in [0, 0.05) is 38.3 Å². The molecule has 1 N–H and O–H groups in total. The van der Waals surface area contributed by atoms with Gasteiger partial charge in [0.15, 0.2) is 0 Å². The number of piperazine rings is 1. The summed E-state index contributed by atoms with van der Waals surface area (Å²) in [6.45, 7) is 6.61. The Bertz CT molecular complexity index is 864. The number of nitrogens with zero attached hydrogens (tertiary/aromatic N) is 2. The van der Waals surface area contributed by atoms with Gasteiger partial charge in [-0.25, -0.2) is 0 Å². The summed E-state index contributed by atoms with van der Waals surface area (Å²) in [5.41, 5.74) is 2.90. The number of anilines is 1. The van der Waals surface area contributed by atoms with Crippen LogP contribution in [0.4, 0.5) is 5.69 Å². The molecule has 2 aromatic carbocycles. The van der Waals surface area contributed by atoms with Crippen molar-refractivity contribution >= 4 is 11.6 Å². The average molecular weight is 414 g/mol. The molecule has 1 heterocycles. The van der Waals surface area contributed by atoms with Gasteiger partial charge in [-0.3, -0.25) is 14.6 Å². The summed E-state index contributed by atoms with van der Waals surface area (Å²) >= 11 is 0. The molecule has 1 saturated heterocycles. The molecule has 1 aliphatic heterocycles. The number of carbonyl (C=O) groups excluding carboxylic acids is 1. The number of amides is 1. The van der Waals surface area contributed by atoms with Crippen LogP contribution in [0, 0.1) is 6.92 Å². The standard InChI is InChI=1S/C23H31N3O4/c1-17-5-7-22(30-4)20(13-17)24-23(27)16-26-11-9-25(10-12-26)15-18-14-19(28-2)6-8-21(18)29-3/h5-8,13-14H,9-12,15-16H2,1-4H3,(H,24,27). The molecule has 3 rings (SSSR count). The Kier molecular flexibility index (Phi) is 7.54. The van der Waals surface area contributed by atoms with E-state index >= 15 is 0 Å². The van der Waals surface area contributed by atoms with Crippen LogP contribution in [0.3, 0.4) is 0 Å². The normalized spacial score (nSPS) is 14.9. The first-order valence-corrected chi connectivity index (χ1v) is 10.1. The van der Waals surface area contributed by atoms with E-state index in [0.717, 1.165) is 55.3 Å². The maximum Gasteiger partial charge on any atom is 0.238 e. The zero-order chi connectivity index (χ0) is 21.5. The van der Waals surface area contributed by atoms with E-state index < -0.39 is 0 Å². The Labute approximate surface area is 178 Å². The van der Waals surface area contributed by atoms with Crippen molar-refractivity contribution in [3.63, 3.8) is 0 Å². The van der Waals surface area contributed by atoms with Crippen LogP contribution in [0.1, 0.15) is 11.1 Å². The molecule has 1 amide bonds. The summed E-state index contributed by atoms with van der Waals surface area (Å²) in [7, 11) is 4.96. The van der Waals surface area contributed by atoms with Crippen molar-refractivity contribution in [2.24, 2.45) is 0 Å². The van der Waals surface area contributed by atoms with Crippen molar-refractivity contribution in [1.29, 1.82) is 0 Å². The third-order valence-corrected chi connectivity index (χ3v) is 5.34. The van der Waals surface area contributed by atoms with Gasteiger partial charge in [0.2, 0.25) is 5.91 Å². The number of ether oxygens (including phenoxy) is 3. The molecule has 0 atom stereocenters. The van der Waals surface area contributed by atoms with Gasteiger partial charge < -0.3 is 19.5 Å². The molecule has 7 heteroatoms. The van der Waals surface area contributed by atoms with E-state index in [1.165, 1.54) is 0 Å². The van der Waals surface area contributed by atoms with Crippen molar-refractivity contribution in [1.82, 2.24) is 9.80 Å². The van der Waals surface area contributed by atoms with E-state index in [9.17, 15) is 4.79 Å². The van der Waals surface area contributed by atoms with Gasteiger partial charge >= 0.3 is 0 Å². The summed E-state index contributed by atoms with van der Waals surface area (Å²) < 4.78 is 16.2. The molecule has 162 valence electrons. The van der Waals surface area contributed by atoms with E-state index in [4.69, 9.17) is 14.2 Å². The van der Waals surface area contributed by atoms with Gasteiger partial charge in [-0.1, -0.05) is 6.07 Å². The number of methoxy groups -OCH3 is 3.